The molecule has 0 aromatic heterocycles. The van der Waals surface area contributed by atoms with Crippen LogP contribution in [0.4, 0.5) is 0 Å². The molecule has 0 aromatic rings. The monoisotopic (exact) mass is 334 g/mol. The minimum absolute atomic E-state index is 0.100. The van der Waals surface area contributed by atoms with Crippen molar-refractivity contribution < 1.29 is 22.7 Å². The van der Waals surface area contributed by atoms with E-state index in [9.17, 15) is 18.0 Å². The summed E-state index contributed by atoms with van der Waals surface area (Å²) in [5.74, 6) is -1.35. The maximum absolute atomic E-state index is 12.0. The quantitative estimate of drug-likeness (QED) is 0.662. The van der Waals surface area contributed by atoms with Gasteiger partial charge in [0, 0.05) is 6.04 Å². The fourth-order valence-corrected chi connectivity index (χ4v) is 3.71. The average Bonchev–Trinajstić information content (AvgIpc) is 2.40. The van der Waals surface area contributed by atoms with Crippen molar-refractivity contribution in [3.05, 3.63) is 0 Å². The number of esters is 1. The van der Waals surface area contributed by atoms with Crippen LogP contribution in [-0.4, -0.2) is 44.7 Å². The first kappa shape index (κ1) is 18.9. The SMILES string of the molecule is CCOC(=O)[C@H](C)NC(=O)CS(=O)(=O)NC1CCC(C)CC1. The topological polar surface area (TPSA) is 102 Å². The third-order valence-electron chi connectivity index (χ3n) is 3.70. The Labute approximate surface area is 132 Å². The highest BCUT2D eigenvalue weighted by atomic mass is 32.2. The molecule has 1 saturated carbocycles. The summed E-state index contributed by atoms with van der Waals surface area (Å²) in [4.78, 5) is 23.1. The Balaban J connectivity index is 2.43. The van der Waals surface area contributed by atoms with E-state index in [0.29, 0.717) is 5.92 Å². The second-order valence-corrected chi connectivity index (χ2v) is 7.63. The first-order valence-corrected chi connectivity index (χ1v) is 9.34. The second kappa shape index (κ2) is 8.47. The van der Waals surface area contributed by atoms with Gasteiger partial charge in [-0.1, -0.05) is 6.92 Å². The van der Waals surface area contributed by atoms with E-state index in [1.807, 2.05) is 0 Å². The molecular formula is C14H26N2O5S. The van der Waals surface area contributed by atoms with E-state index in [4.69, 9.17) is 4.74 Å². The van der Waals surface area contributed by atoms with E-state index in [1.165, 1.54) is 6.92 Å². The Morgan fingerprint density at radius 2 is 1.82 bits per heavy atom. The number of nitrogens with one attached hydrogen (secondary N) is 2. The smallest absolute Gasteiger partial charge is 0.328 e. The fourth-order valence-electron chi connectivity index (χ4n) is 2.46. The summed E-state index contributed by atoms with van der Waals surface area (Å²) in [7, 11) is -3.70. The van der Waals surface area contributed by atoms with Crippen molar-refractivity contribution in [2.24, 2.45) is 5.92 Å². The van der Waals surface area contributed by atoms with E-state index in [0.717, 1.165) is 25.7 Å². The first-order chi connectivity index (χ1) is 10.2. The molecule has 0 aliphatic heterocycles. The molecule has 7 nitrogen and oxygen atoms in total. The molecule has 1 amide bonds. The number of sulfonamides is 1. The highest BCUT2D eigenvalue weighted by molar-refractivity contribution is 7.90. The second-order valence-electron chi connectivity index (χ2n) is 5.87. The Bertz CT molecular complexity index is 483. The van der Waals surface area contributed by atoms with Crippen molar-refractivity contribution in [2.45, 2.75) is 58.5 Å². The number of ether oxygens (including phenoxy) is 1. The van der Waals surface area contributed by atoms with E-state index in [1.54, 1.807) is 6.92 Å². The number of rotatable bonds is 7. The van der Waals surface area contributed by atoms with Crippen LogP contribution in [0.1, 0.15) is 46.5 Å². The first-order valence-electron chi connectivity index (χ1n) is 7.69. The molecule has 0 radical (unpaired) electrons. The Hall–Kier alpha value is -1.15. The molecule has 0 unspecified atom stereocenters. The highest BCUT2D eigenvalue weighted by Crippen LogP contribution is 2.23. The van der Waals surface area contributed by atoms with Crippen molar-refractivity contribution in [1.82, 2.24) is 10.0 Å². The zero-order chi connectivity index (χ0) is 16.8. The van der Waals surface area contributed by atoms with Gasteiger partial charge in [-0.3, -0.25) is 4.79 Å². The van der Waals surface area contributed by atoms with Crippen molar-refractivity contribution in [1.29, 1.82) is 0 Å². The molecule has 22 heavy (non-hydrogen) atoms. The van der Waals surface area contributed by atoms with Gasteiger partial charge < -0.3 is 10.1 Å². The minimum Gasteiger partial charge on any atom is -0.464 e. The van der Waals surface area contributed by atoms with Gasteiger partial charge in [-0.25, -0.2) is 17.9 Å². The van der Waals surface area contributed by atoms with Crippen LogP contribution in [0.25, 0.3) is 0 Å². The van der Waals surface area contributed by atoms with Crippen molar-refractivity contribution in [3.8, 4) is 0 Å². The predicted octanol–water partition coefficient (Wildman–Crippen LogP) is 0.552. The number of carbonyl (C=O) groups excluding carboxylic acids is 2. The molecule has 0 aromatic carbocycles. The molecule has 1 aliphatic carbocycles. The third kappa shape index (κ3) is 6.74. The summed E-state index contributed by atoms with van der Waals surface area (Å²) in [5, 5.41) is 2.33. The molecular weight excluding hydrogens is 308 g/mol. The Morgan fingerprint density at radius 1 is 1.23 bits per heavy atom. The zero-order valence-electron chi connectivity index (χ0n) is 13.4. The summed E-state index contributed by atoms with van der Waals surface area (Å²) < 4.78 is 31.3. The van der Waals surface area contributed by atoms with Crippen molar-refractivity contribution >= 4 is 21.9 Å². The van der Waals surface area contributed by atoms with Crippen LogP contribution in [0.15, 0.2) is 0 Å². The number of amides is 1. The number of hydrogen-bond acceptors (Lipinski definition) is 5. The van der Waals surface area contributed by atoms with Crippen molar-refractivity contribution in [3.63, 3.8) is 0 Å². The molecule has 0 saturated heterocycles. The molecule has 1 atom stereocenters. The van der Waals surface area contributed by atoms with E-state index in [2.05, 4.69) is 17.0 Å². The highest BCUT2D eigenvalue weighted by Gasteiger charge is 2.26. The predicted molar refractivity (Wildman–Crippen MR) is 82.6 cm³/mol. The van der Waals surface area contributed by atoms with Crippen molar-refractivity contribution in [2.75, 3.05) is 12.4 Å². The molecule has 1 aliphatic rings. The Morgan fingerprint density at radius 3 is 2.36 bits per heavy atom. The van der Waals surface area contributed by atoms with Crippen LogP contribution in [-0.2, 0) is 24.3 Å². The van der Waals surface area contributed by atoms with Gasteiger partial charge >= 0.3 is 5.97 Å². The third-order valence-corrected chi connectivity index (χ3v) is 5.04. The van der Waals surface area contributed by atoms with Gasteiger partial charge in [0.25, 0.3) is 0 Å². The molecule has 1 fully saturated rings. The van der Waals surface area contributed by atoms with Gasteiger partial charge in [-0.2, -0.15) is 0 Å². The summed E-state index contributed by atoms with van der Waals surface area (Å²) >= 11 is 0. The van der Waals surface area contributed by atoms with Gasteiger partial charge in [-0.15, -0.1) is 0 Å². The summed E-state index contributed by atoms with van der Waals surface area (Å²) in [5.41, 5.74) is 0. The van der Waals surface area contributed by atoms with Gasteiger partial charge in [0.2, 0.25) is 15.9 Å². The van der Waals surface area contributed by atoms with E-state index in [-0.39, 0.29) is 12.6 Å². The molecule has 8 heteroatoms. The lowest BCUT2D eigenvalue weighted by atomic mass is 9.88. The van der Waals surface area contributed by atoms with Crippen LogP contribution in [0.2, 0.25) is 0 Å². The number of carbonyl (C=O) groups is 2. The van der Waals surface area contributed by atoms with Gasteiger partial charge in [0.1, 0.15) is 11.8 Å². The average molecular weight is 334 g/mol. The van der Waals surface area contributed by atoms with E-state index >= 15 is 0 Å². The lowest BCUT2D eigenvalue weighted by Gasteiger charge is -2.26. The van der Waals surface area contributed by atoms with Gasteiger partial charge in [0.15, 0.2) is 0 Å². The Kier molecular flexibility index (Phi) is 7.28. The molecule has 2 N–H and O–H groups in total. The summed E-state index contributed by atoms with van der Waals surface area (Å²) in [6, 6.07) is -0.963. The van der Waals surface area contributed by atoms with Crippen LogP contribution in [0, 0.1) is 5.92 Å². The van der Waals surface area contributed by atoms with Gasteiger partial charge in [0.05, 0.1) is 6.61 Å². The van der Waals surface area contributed by atoms with Crippen LogP contribution < -0.4 is 10.0 Å². The summed E-state index contributed by atoms with van der Waals surface area (Å²) in [6.45, 7) is 5.47. The molecule has 0 bridgehead atoms. The maximum Gasteiger partial charge on any atom is 0.328 e. The van der Waals surface area contributed by atoms with Crippen LogP contribution >= 0.6 is 0 Å². The minimum atomic E-state index is -3.70. The largest absolute Gasteiger partial charge is 0.464 e. The molecule has 128 valence electrons. The molecule has 0 heterocycles. The standard InChI is InChI=1S/C14H26N2O5S/c1-4-21-14(18)11(3)15-13(17)9-22(19,20)16-12-7-5-10(2)6-8-12/h10-12,16H,4-9H2,1-3H3,(H,15,17)/t10?,11-,12?/m0/s1. The van der Waals surface area contributed by atoms with E-state index < -0.39 is 33.7 Å². The normalized spacial score (nSPS) is 23.6. The number of hydrogen-bond donors (Lipinski definition) is 2. The fraction of sp³-hybridized carbons (Fsp3) is 0.857. The lowest BCUT2D eigenvalue weighted by Crippen LogP contribution is -2.46. The van der Waals surface area contributed by atoms with Crippen LogP contribution in [0.3, 0.4) is 0 Å². The van der Waals surface area contributed by atoms with Gasteiger partial charge in [-0.05, 0) is 45.4 Å². The summed E-state index contributed by atoms with van der Waals surface area (Å²) in [6.07, 6.45) is 3.56. The zero-order valence-corrected chi connectivity index (χ0v) is 14.2. The molecule has 0 spiro atoms. The maximum atomic E-state index is 12.0. The van der Waals surface area contributed by atoms with Crippen LogP contribution in [0.5, 0.6) is 0 Å². The molecule has 1 rings (SSSR count). The lowest BCUT2D eigenvalue weighted by molar-refractivity contribution is -0.146.